The molecule has 0 fully saturated rings. The molecule has 0 saturated carbocycles. The molecule has 0 bridgehead atoms. The van der Waals surface area contributed by atoms with Crippen molar-refractivity contribution in [1.82, 2.24) is 4.72 Å². The van der Waals surface area contributed by atoms with Crippen LogP contribution >= 0.6 is 0 Å². The van der Waals surface area contributed by atoms with Crippen LogP contribution in [0.25, 0.3) is 0 Å². The maximum absolute atomic E-state index is 12.4. The summed E-state index contributed by atoms with van der Waals surface area (Å²) >= 11 is 0. The monoisotopic (exact) mass is 375 g/mol. The van der Waals surface area contributed by atoms with Gasteiger partial charge in [-0.2, -0.15) is 21.6 Å². The molecule has 1 aromatic rings. The van der Waals surface area contributed by atoms with Gasteiger partial charge in [0.05, 0.1) is 6.26 Å². The van der Waals surface area contributed by atoms with Gasteiger partial charge in [0.25, 0.3) is 5.91 Å². The smallest absolute Gasteiger partial charge is 0.271 e. The van der Waals surface area contributed by atoms with E-state index in [2.05, 4.69) is 4.18 Å². The highest BCUT2D eigenvalue weighted by atomic mass is 32.2. The third-order valence-electron chi connectivity index (χ3n) is 2.37. The fourth-order valence-corrected chi connectivity index (χ4v) is 2.52. The molecule has 0 spiro atoms. The van der Waals surface area contributed by atoms with E-state index in [1.807, 2.05) is 0 Å². The van der Waals surface area contributed by atoms with E-state index in [0.717, 1.165) is 0 Å². The zero-order chi connectivity index (χ0) is 17.9. The first-order chi connectivity index (χ1) is 10.3. The number of amides is 1. The molecule has 23 heavy (non-hydrogen) atoms. The number of hydrogen-bond acceptors (Lipinski definition) is 6. The summed E-state index contributed by atoms with van der Waals surface area (Å²) in [7, 11) is -10.2. The van der Waals surface area contributed by atoms with Crippen LogP contribution in [0.1, 0.15) is 5.56 Å². The fourth-order valence-electron chi connectivity index (χ4n) is 1.45. The number of hydrogen-bond donors (Lipinski definition) is 1. The van der Waals surface area contributed by atoms with Crippen molar-refractivity contribution in [2.24, 2.45) is 0 Å². The third kappa shape index (κ3) is 6.15. The molecule has 0 aliphatic carbocycles. The number of rotatable bonds is 6. The number of carbonyl (C=O) groups is 1. The first-order valence-corrected chi connectivity index (χ1v) is 9.17. The van der Waals surface area contributed by atoms with Crippen LogP contribution in [0.3, 0.4) is 0 Å². The van der Waals surface area contributed by atoms with Crippen molar-refractivity contribution in [2.45, 2.75) is 18.0 Å². The minimum absolute atomic E-state index is 0.276. The second-order valence-corrected chi connectivity index (χ2v) is 7.72. The number of halogens is 3. The summed E-state index contributed by atoms with van der Waals surface area (Å²) in [6, 6.07) is 7.40. The molecule has 130 valence electrons. The first kappa shape index (κ1) is 19.4. The van der Waals surface area contributed by atoms with Crippen LogP contribution in [0.2, 0.25) is 0 Å². The van der Waals surface area contributed by atoms with Gasteiger partial charge in [-0.3, -0.25) is 9.52 Å². The zero-order valence-corrected chi connectivity index (χ0v) is 13.2. The van der Waals surface area contributed by atoms with Gasteiger partial charge in [-0.15, -0.1) is 0 Å². The van der Waals surface area contributed by atoms with Crippen molar-refractivity contribution in [2.75, 3.05) is 6.26 Å². The van der Waals surface area contributed by atoms with Crippen LogP contribution in [0.4, 0.5) is 13.2 Å². The number of sulfonamides is 1. The van der Waals surface area contributed by atoms with E-state index in [1.165, 1.54) is 29.0 Å². The van der Waals surface area contributed by atoms with Gasteiger partial charge in [0.15, 0.2) is 6.10 Å². The topological polar surface area (TPSA) is 107 Å². The van der Waals surface area contributed by atoms with Gasteiger partial charge in [-0.25, -0.2) is 12.6 Å². The van der Waals surface area contributed by atoms with Crippen molar-refractivity contribution in [3.8, 4) is 0 Å². The average molecular weight is 375 g/mol. The van der Waals surface area contributed by atoms with Crippen molar-refractivity contribution in [1.29, 1.82) is 0 Å². The van der Waals surface area contributed by atoms with Gasteiger partial charge in [0.2, 0.25) is 10.0 Å². The van der Waals surface area contributed by atoms with E-state index in [1.54, 1.807) is 6.07 Å². The van der Waals surface area contributed by atoms with Crippen LogP contribution in [0, 0.1) is 0 Å². The van der Waals surface area contributed by atoms with Gasteiger partial charge >= 0.3 is 15.6 Å². The lowest BCUT2D eigenvalue weighted by Gasteiger charge is -2.17. The second-order valence-electron chi connectivity index (χ2n) is 4.41. The first-order valence-electron chi connectivity index (χ1n) is 5.87. The number of carbonyl (C=O) groups excluding carboxylic acids is 1. The molecular formula is C11H12F3NO6S2. The largest absolute Gasteiger partial charge is 0.523 e. The SMILES string of the molecule is CS(=O)(=O)NC(=O)C(Cc1ccccc1)OS(=O)(=O)C(F)(F)F. The summed E-state index contributed by atoms with van der Waals surface area (Å²) < 4.78 is 86.5. The van der Waals surface area contributed by atoms with Crippen molar-refractivity contribution >= 4 is 26.0 Å². The summed E-state index contributed by atoms with van der Waals surface area (Å²) in [5, 5.41) is 0. The van der Waals surface area contributed by atoms with E-state index in [-0.39, 0.29) is 5.56 Å². The summed E-state index contributed by atoms with van der Waals surface area (Å²) in [6.45, 7) is 0. The van der Waals surface area contributed by atoms with Crippen LogP contribution < -0.4 is 4.72 Å². The highest BCUT2D eigenvalue weighted by molar-refractivity contribution is 7.89. The number of alkyl halides is 3. The molecule has 0 saturated heterocycles. The predicted molar refractivity (Wildman–Crippen MR) is 73.0 cm³/mol. The van der Waals surface area contributed by atoms with E-state index in [4.69, 9.17) is 0 Å². The quantitative estimate of drug-likeness (QED) is 0.575. The van der Waals surface area contributed by atoms with Crippen molar-refractivity contribution in [3.63, 3.8) is 0 Å². The molecule has 0 aliphatic heterocycles. The predicted octanol–water partition coefficient (Wildman–Crippen LogP) is 0.540. The lowest BCUT2D eigenvalue weighted by molar-refractivity contribution is -0.126. The fraction of sp³-hybridized carbons (Fsp3) is 0.364. The molecule has 1 rings (SSSR count). The highest BCUT2D eigenvalue weighted by Crippen LogP contribution is 2.26. The summed E-state index contributed by atoms with van der Waals surface area (Å²) in [5.41, 5.74) is -5.47. The van der Waals surface area contributed by atoms with Gasteiger partial charge in [0, 0.05) is 6.42 Å². The molecule has 1 aromatic carbocycles. The Morgan fingerprint density at radius 3 is 2.13 bits per heavy atom. The second kappa shape index (κ2) is 6.84. The maximum atomic E-state index is 12.4. The van der Waals surface area contributed by atoms with E-state index in [9.17, 15) is 34.8 Å². The van der Waals surface area contributed by atoms with Crippen LogP contribution in [-0.2, 0) is 35.5 Å². The Morgan fingerprint density at radius 2 is 1.70 bits per heavy atom. The molecule has 0 radical (unpaired) electrons. The maximum Gasteiger partial charge on any atom is 0.523 e. The normalized spacial score (nSPS) is 14.3. The molecule has 0 aromatic heterocycles. The standard InChI is InChI=1S/C11H12F3NO6S2/c1-22(17,18)15-10(16)9(7-8-5-3-2-4-6-8)21-23(19,20)11(12,13)14/h2-6,9H,7H2,1H3,(H,15,16). The molecule has 0 aliphatic rings. The Bertz CT molecular complexity index is 759. The van der Waals surface area contributed by atoms with Gasteiger partial charge in [-0.1, -0.05) is 30.3 Å². The Labute approximate surface area is 130 Å². The Hall–Kier alpha value is -1.66. The summed E-state index contributed by atoms with van der Waals surface area (Å²) in [5.74, 6) is -1.52. The van der Waals surface area contributed by atoms with E-state index < -0.39 is 44.1 Å². The van der Waals surface area contributed by atoms with Crippen LogP contribution in [0.5, 0.6) is 0 Å². The van der Waals surface area contributed by atoms with Crippen molar-refractivity contribution in [3.05, 3.63) is 35.9 Å². The summed E-state index contributed by atoms with van der Waals surface area (Å²) in [6.07, 6.45) is -2.18. The number of benzene rings is 1. The zero-order valence-electron chi connectivity index (χ0n) is 11.6. The molecule has 1 atom stereocenters. The molecule has 1 unspecified atom stereocenters. The van der Waals surface area contributed by atoms with Gasteiger partial charge in [0.1, 0.15) is 0 Å². The van der Waals surface area contributed by atoms with Crippen LogP contribution in [-0.4, -0.2) is 40.6 Å². The Kier molecular flexibility index (Phi) is 5.77. The molecule has 12 heteroatoms. The molecule has 1 amide bonds. The lowest BCUT2D eigenvalue weighted by Crippen LogP contribution is -2.43. The molecule has 1 N–H and O–H groups in total. The lowest BCUT2D eigenvalue weighted by atomic mass is 10.1. The molecule has 7 nitrogen and oxygen atoms in total. The Balaban J connectivity index is 3.09. The van der Waals surface area contributed by atoms with E-state index >= 15 is 0 Å². The number of nitrogens with one attached hydrogen (secondary N) is 1. The Morgan fingerprint density at radius 1 is 1.17 bits per heavy atom. The van der Waals surface area contributed by atoms with Crippen molar-refractivity contribution < 1.29 is 39.0 Å². The van der Waals surface area contributed by atoms with E-state index in [0.29, 0.717) is 6.26 Å². The van der Waals surface area contributed by atoms with Gasteiger partial charge in [-0.05, 0) is 5.56 Å². The highest BCUT2D eigenvalue weighted by Gasteiger charge is 2.49. The minimum atomic E-state index is -6.07. The van der Waals surface area contributed by atoms with Gasteiger partial charge < -0.3 is 0 Å². The average Bonchev–Trinajstić information content (AvgIpc) is 2.35. The molecular weight excluding hydrogens is 363 g/mol. The minimum Gasteiger partial charge on any atom is -0.271 e. The third-order valence-corrected chi connectivity index (χ3v) is 3.99. The van der Waals surface area contributed by atoms with Crippen LogP contribution in [0.15, 0.2) is 30.3 Å². The molecule has 0 heterocycles. The summed E-state index contributed by atoms with van der Waals surface area (Å²) in [4.78, 5) is 11.7.